The van der Waals surface area contributed by atoms with Gasteiger partial charge in [0.05, 0.1) is 5.69 Å². The van der Waals surface area contributed by atoms with Crippen LogP contribution in [-0.4, -0.2) is 39.3 Å². The van der Waals surface area contributed by atoms with Crippen LogP contribution in [0.5, 0.6) is 5.75 Å². The molecule has 110 valence electrons. The average Bonchev–Trinajstić information content (AvgIpc) is 2.88. The molecule has 1 N–H and O–H groups in total. The summed E-state index contributed by atoms with van der Waals surface area (Å²) >= 11 is 0. The SMILES string of the molecule is CCCN1C(=O)COc2cc(F)c(-n3nn[nH]c3=O)cc21. The van der Waals surface area contributed by atoms with Gasteiger partial charge in [-0.3, -0.25) is 4.79 Å². The number of anilines is 1. The average molecular weight is 293 g/mol. The number of carbonyl (C=O) groups excluding carboxylic acids is 1. The lowest BCUT2D eigenvalue weighted by Gasteiger charge is -2.29. The Labute approximate surface area is 118 Å². The minimum Gasteiger partial charge on any atom is -0.481 e. The third-order valence-electron chi connectivity index (χ3n) is 3.12. The second-order valence-electron chi connectivity index (χ2n) is 4.52. The summed E-state index contributed by atoms with van der Waals surface area (Å²) in [6, 6.07) is 2.50. The fourth-order valence-corrected chi connectivity index (χ4v) is 2.20. The van der Waals surface area contributed by atoms with E-state index in [0.29, 0.717) is 12.2 Å². The number of tetrazole rings is 1. The second-order valence-corrected chi connectivity index (χ2v) is 4.52. The van der Waals surface area contributed by atoms with Crippen molar-refractivity contribution in [3.8, 4) is 11.4 Å². The minimum atomic E-state index is -0.685. The van der Waals surface area contributed by atoms with Gasteiger partial charge in [-0.25, -0.2) is 14.3 Å². The number of benzene rings is 1. The molecule has 0 bridgehead atoms. The molecule has 21 heavy (non-hydrogen) atoms. The number of hydrogen-bond donors (Lipinski definition) is 1. The van der Waals surface area contributed by atoms with E-state index >= 15 is 0 Å². The van der Waals surface area contributed by atoms with Gasteiger partial charge in [-0.05, 0) is 22.9 Å². The predicted octanol–water partition coefficient (Wildman–Crippen LogP) is 0.230. The Morgan fingerprint density at radius 2 is 2.19 bits per heavy atom. The molecule has 8 nitrogen and oxygen atoms in total. The van der Waals surface area contributed by atoms with Gasteiger partial charge in [0, 0.05) is 12.6 Å². The van der Waals surface area contributed by atoms with Crippen LogP contribution >= 0.6 is 0 Å². The van der Waals surface area contributed by atoms with E-state index in [1.807, 2.05) is 6.92 Å². The van der Waals surface area contributed by atoms with Crippen molar-refractivity contribution in [3.05, 3.63) is 28.4 Å². The number of ether oxygens (including phenoxy) is 1. The Hall–Kier alpha value is -2.71. The van der Waals surface area contributed by atoms with Crippen molar-refractivity contribution in [2.24, 2.45) is 0 Å². The number of halogens is 1. The highest BCUT2D eigenvalue weighted by molar-refractivity contribution is 5.98. The first kappa shape index (κ1) is 13.3. The van der Waals surface area contributed by atoms with Crippen LogP contribution in [0, 0.1) is 5.82 Å². The molecule has 0 radical (unpaired) electrons. The van der Waals surface area contributed by atoms with Crippen molar-refractivity contribution in [3.63, 3.8) is 0 Å². The fourth-order valence-electron chi connectivity index (χ4n) is 2.20. The Morgan fingerprint density at radius 1 is 1.38 bits per heavy atom. The highest BCUT2D eigenvalue weighted by atomic mass is 19.1. The van der Waals surface area contributed by atoms with E-state index in [9.17, 15) is 14.0 Å². The molecule has 1 aromatic carbocycles. The number of nitrogens with one attached hydrogen (secondary N) is 1. The van der Waals surface area contributed by atoms with Crippen molar-refractivity contribution in [2.75, 3.05) is 18.1 Å². The topological polar surface area (TPSA) is 93.1 Å². The minimum absolute atomic E-state index is 0.0908. The number of H-pyrrole nitrogens is 1. The third-order valence-corrected chi connectivity index (χ3v) is 3.12. The molecule has 2 heterocycles. The molecular formula is C12H12FN5O3. The summed E-state index contributed by atoms with van der Waals surface area (Å²) in [4.78, 5) is 24.9. The Morgan fingerprint density at radius 3 is 2.86 bits per heavy atom. The standard InChI is InChI=1S/C12H12FN5O3/c1-2-3-17-9-5-8(18-12(20)14-15-16-18)7(13)4-10(9)21-6-11(17)19/h4-5H,2-3,6H2,1H3,(H,14,16,20). The first-order valence-electron chi connectivity index (χ1n) is 6.39. The zero-order valence-electron chi connectivity index (χ0n) is 11.2. The molecule has 0 aliphatic carbocycles. The zero-order chi connectivity index (χ0) is 15.0. The Kier molecular flexibility index (Phi) is 3.16. The summed E-state index contributed by atoms with van der Waals surface area (Å²) in [7, 11) is 0. The summed E-state index contributed by atoms with van der Waals surface area (Å²) in [6.07, 6.45) is 0.738. The number of nitrogens with zero attached hydrogens (tertiary/aromatic N) is 4. The van der Waals surface area contributed by atoms with Crippen molar-refractivity contribution >= 4 is 11.6 Å². The largest absolute Gasteiger partial charge is 0.481 e. The van der Waals surface area contributed by atoms with Gasteiger partial charge in [-0.1, -0.05) is 6.92 Å². The number of aromatic nitrogens is 4. The van der Waals surface area contributed by atoms with E-state index in [1.54, 1.807) is 0 Å². The van der Waals surface area contributed by atoms with Crippen molar-refractivity contribution in [1.82, 2.24) is 20.2 Å². The van der Waals surface area contributed by atoms with Gasteiger partial charge in [0.15, 0.2) is 12.4 Å². The maximum Gasteiger partial charge on any atom is 0.365 e. The van der Waals surface area contributed by atoms with Crippen LogP contribution < -0.4 is 15.3 Å². The molecule has 1 amide bonds. The lowest BCUT2D eigenvalue weighted by atomic mass is 10.2. The highest BCUT2D eigenvalue weighted by Gasteiger charge is 2.27. The van der Waals surface area contributed by atoms with Gasteiger partial charge in [0.2, 0.25) is 0 Å². The van der Waals surface area contributed by atoms with Crippen LogP contribution in [-0.2, 0) is 4.79 Å². The van der Waals surface area contributed by atoms with E-state index in [4.69, 9.17) is 4.74 Å². The summed E-state index contributed by atoms with van der Waals surface area (Å²) in [5, 5.41) is 8.91. The molecule has 1 aliphatic heterocycles. The van der Waals surface area contributed by atoms with Crippen molar-refractivity contribution in [1.29, 1.82) is 0 Å². The summed E-state index contributed by atoms with van der Waals surface area (Å²) < 4.78 is 20.1. The van der Waals surface area contributed by atoms with Crippen LogP contribution in [0.15, 0.2) is 16.9 Å². The smallest absolute Gasteiger partial charge is 0.365 e. The van der Waals surface area contributed by atoms with Crippen LogP contribution in [0.4, 0.5) is 10.1 Å². The molecule has 9 heteroatoms. The molecule has 0 unspecified atom stereocenters. The lowest BCUT2D eigenvalue weighted by molar-refractivity contribution is -0.121. The van der Waals surface area contributed by atoms with Gasteiger partial charge in [0.25, 0.3) is 5.91 Å². The maximum atomic E-state index is 14.1. The molecule has 1 aliphatic rings. The van der Waals surface area contributed by atoms with Crippen LogP contribution in [0.1, 0.15) is 13.3 Å². The monoisotopic (exact) mass is 293 g/mol. The van der Waals surface area contributed by atoms with Crippen molar-refractivity contribution in [2.45, 2.75) is 13.3 Å². The molecule has 1 aromatic heterocycles. The quantitative estimate of drug-likeness (QED) is 0.874. The fraction of sp³-hybridized carbons (Fsp3) is 0.333. The van der Waals surface area contributed by atoms with E-state index in [2.05, 4.69) is 15.5 Å². The van der Waals surface area contributed by atoms with Gasteiger partial charge in [-0.2, -0.15) is 4.68 Å². The number of rotatable bonds is 3. The van der Waals surface area contributed by atoms with Gasteiger partial charge in [-0.15, -0.1) is 0 Å². The summed E-state index contributed by atoms with van der Waals surface area (Å²) in [5.74, 6) is -0.634. The predicted molar refractivity (Wildman–Crippen MR) is 70.1 cm³/mol. The molecule has 0 atom stereocenters. The normalized spacial score (nSPS) is 14.0. The highest BCUT2D eigenvalue weighted by Crippen LogP contribution is 2.35. The third kappa shape index (κ3) is 2.16. The lowest BCUT2D eigenvalue weighted by Crippen LogP contribution is -2.39. The molecule has 2 aromatic rings. The van der Waals surface area contributed by atoms with Crippen molar-refractivity contribution < 1.29 is 13.9 Å². The Bertz CT molecular complexity index is 754. The van der Waals surface area contributed by atoms with E-state index in [1.165, 1.54) is 11.0 Å². The van der Waals surface area contributed by atoms with Gasteiger partial charge >= 0.3 is 5.69 Å². The second kappa shape index (κ2) is 5.00. The van der Waals surface area contributed by atoms with Gasteiger partial charge < -0.3 is 9.64 Å². The van der Waals surface area contributed by atoms with E-state index < -0.39 is 11.5 Å². The molecule has 0 saturated carbocycles. The molecule has 3 rings (SSSR count). The number of fused-ring (bicyclic) bond motifs is 1. The Balaban J connectivity index is 2.16. The number of amides is 1. The number of hydrogen-bond acceptors (Lipinski definition) is 5. The van der Waals surface area contributed by atoms with E-state index in [-0.39, 0.29) is 24.0 Å². The zero-order valence-corrected chi connectivity index (χ0v) is 11.2. The first-order chi connectivity index (χ1) is 10.1. The van der Waals surface area contributed by atoms with Crippen LogP contribution in [0.2, 0.25) is 0 Å². The molecule has 0 fully saturated rings. The maximum absolute atomic E-state index is 14.1. The van der Waals surface area contributed by atoms with Gasteiger partial charge in [0.1, 0.15) is 11.4 Å². The molecule has 0 spiro atoms. The number of aromatic amines is 1. The summed E-state index contributed by atoms with van der Waals surface area (Å²) in [5.41, 5.74) is -0.342. The summed E-state index contributed by atoms with van der Waals surface area (Å²) in [6.45, 7) is 2.28. The molecular weight excluding hydrogens is 281 g/mol. The number of carbonyl (C=O) groups is 1. The van der Waals surface area contributed by atoms with Crippen LogP contribution in [0.25, 0.3) is 5.69 Å². The first-order valence-corrected chi connectivity index (χ1v) is 6.39. The molecule has 0 saturated heterocycles. The van der Waals surface area contributed by atoms with E-state index in [0.717, 1.165) is 17.2 Å². The van der Waals surface area contributed by atoms with Crippen LogP contribution in [0.3, 0.4) is 0 Å².